The van der Waals surface area contributed by atoms with E-state index in [0.29, 0.717) is 5.02 Å². The predicted octanol–water partition coefficient (Wildman–Crippen LogP) is 2.59. The van der Waals surface area contributed by atoms with E-state index in [4.69, 9.17) is 16.7 Å². The van der Waals surface area contributed by atoms with Gasteiger partial charge in [-0.15, -0.1) is 11.3 Å². The van der Waals surface area contributed by atoms with E-state index in [1.54, 1.807) is 11.3 Å². The van der Waals surface area contributed by atoms with Crippen LogP contribution in [0.15, 0.2) is 11.4 Å². The highest BCUT2D eigenvalue weighted by Crippen LogP contribution is 2.51. The molecule has 2 atom stereocenters. The second-order valence-electron chi connectivity index (χ2n) is 2.92. The highest BCUT2D eigenvalue weighted by Gasteiger charge is 2.45. The van der Waals surface area contributed by atoms with Crippen molar-refractivity contribution in [3.05, 3.63) is 21.3 Å². The van der Waals surface area contributed by atoms with Crippen molar-refractivity contribution in [2.45, 2.75) is 12.3 Å². The van der Waals surface area contributed by atoms with Gasteiger partial charge >= 0.3 is 5.97 Å². The number of rotatable bonds is 2. The minimum Gasteiger partial charge on any atom is -0.481 e. The van der Waals surface area contributed by atoms with E-state index in [9.17, 15) is 4.79 Å². The highest BCUT2D eigenvalue weighted by atomic mass is 35.5. The zero-order valence-electron chi connectivity index (χ0n) is 6.16. The molecule has 0 unspecified atom stereocenters. The largest absolute Gasteiger partial charge is 0.481 e. The number of halogens is 1. The fourth-order valence-electron chi connectivity index (χ4n) is 1.33. The summed E-state index contributed by atoms with van der Waals surface area (Å²) in [4.78, 5) is 11.6. The van der Waals surface area contributed by atoms with Crippen LogP contribution in [0.25, 0.3) is 0 Å². The van der Waals surface area contributed by atoms with Crippen molar-refractivity contribution >= 4 is 28.9 Å². The van der Waals surface area contributed by atoms with Gasteiger partial charge in [-0.25, -0.2) is 0 Å². The number of carboxylic acids is 1. The smallest absolute Gasteiger partial charge is 0.307 e. The number of hydrogen-bond donors (Lipinski definition) is 1. The van der Waals surface area contributed by atoms with Crippen LogP contribution in [-0.4, -0.2) is 11.1 Å². The fraction of sp³-hybridized carbons (Fsp3) is 0.375. The van der Waals surface area contributed by atoms with Gasteiger partial charge in [0.15, 0.2) is 0 Å². The van der Waals surface area contributed by atoms with Crippen molar-refractivity contribution in [2.75, 3.05) is 0 Å². The van der Waals surface area contributed by atoms with E-state index in [1.165, 1.54) is 0 Å². The Morgan fingerprint density at radius 1 is 1.75 bits per heavy atom. The summed E-state index contributed by atoms with van der Waals surface area (Å²) in [5.41, 5.74) is 0. The molecular formula is C8H7ClO2S. The molecule has 1 aliphatic carbocycles. The maximum atomic E-state index is 10.5. The maximum absolute atomic E-state index is 10.5. The monoisotopic (exact) mass is 202 g/mol. The Labute approximate surface area is 78.8 Å². The first-order valence-electron chi connectivity index (χ1n) is 3.66. The van der Waals surface area contributed by atoms with Crippen molar-refractivity contribution in [1.29, 1.82) is 0 Å². The zero-order valence-corrected chi connectivity index (χ0v) is 7.73. The number of hydrogen-bond acceptors (Lipinski definition) is 2. The van der Waals surface area contributed by atoms with Gasteiger partial charge in [0.25, 0.3) is 0 Å². The molecule has 0 saturated heterocycles. The first kappa shape index (κ1) is 8.08. The topological polar surface area (TPSA) is 37.3 Å². The van der Waals surface area contributed by atoms with Crippen LogP contribution in [0.1, 0.15) is 17.2 Å². The van der Waals surface area contributed by atoms with Gasteiger partial charge in [0.1, 0.15) is 0 Å². The molecule has 0 radical (unpaired) electrons. The molecule has 2 nitrogen and oxygen atoms in total. The lowest BCUT2D eigenvalue weighted by atomic mass is 10.3. The summed E-state index contributed by atoms with van der Waals surface area (Å²) < 4.78 is 0. The Kier molecular flexibility index (Phi) is 1.85. The lowest BCUT2D eigenvalue weighted by molar-refractivity contribution is -0.138. The minimum absolute atomic E-state index is 0.176. The zero-order chi connectivity index (χ0) is 8.72. The van der Waals surface area contributed by atoms with Crippen molar-refractivity contribution in [1.82, 2.24) is 0 Å². The molecule has 0 aromatic carbocycles. The molecule has 0 aliphatic heterocycles. The van der Waals surface area contributed by atoms with Gasteiger partial charge in [-0.2, -0.15) is 0 Å². The van der Waals surface area contributed by atoms with Gasteiger partial charge < -0.3 is 5.11 Å². The lowest BCUT2D eigenvalue weighted by Gasteiger charge is -1.92. The van der Waals surface area contributed by atoms with Crippen LogP contribution < -0.4 is 0 Å². The number of thiophene rings is 1. The molecule has 0 amide bonds. The molecule has 1 aliphatic rings. The second kappa shape index (κ2) is 2.75. The van der Waals surface area contributed by atoms with E-state index in [2.05, 4.69) is 0 Å². The molecule has 12 heavy (non-hydrogen) atoms. The summed E-state index contributed by atoms with van der Waals surface area (Å²) in [5, 5.41) is 11.3. The summed E-state index contributed by atoms with van der Waals surface area (Å²) in [7, 11) is 0. The minimum atomic E-state index is -0.704. The lowest BCUT2D eigenvalue weighted by Crippen LogP contribution is -1.98. The average molecular weight is 203 g/mol. The van der Waals surface area contributed by atoms with Gasteiger partial charge in [-0.1, -0.05) is 11.6 Å². The summed E-state index contributed by atoms with van der Waals surface area (Å²) in [6.45, 7) is 0. The van der Waals surface area contributed by atoms with E-state index in [1.807, 2.05) is 11.4 Å². The summed E-state index contributed by atoms with van der Waals surface area (Å²) in [6.07, 6.45) is 0.746. The third-order valence-electron chi connectivity index (χ3n) is 2.09. The van der Waals surface area contributed by atoms with Crippen LogP contribution in [0, 0.1) is 5.92 Å². The van der Waals surface area contributed by atoms with Gasteiger partial charge in [0.2, 0.25) is 0 Å². The van der Waals surface area contributed by atoms with Crippen LogP contribution in [0.4, 0.5) is 0 Å². The third kappa shape index (κ3) is 1.23. The van der Waals surface area contributed by atoms with Crippen LogP contribution in [0.2, 0.25) is 5.02 Å². The predicted molar refractivity (Wildman–Crippen MR) is 47.8 cm³/mol. The number of carbonyl (C=O) groups is 1. The highest BCUT2D eigenvalue weighted by molar-refractivity contribution is 7.10. The van der Waals surface area contributed by atoms with E-state index < -0.39 is 5.97 Å². The van der Waals surface area contributed by atoms with Crippen molar-refractivity contribution < 1.29 is 9.90 Å². The standard InChI is InChI=1S/C8H7ClO2S/c9-6-1-2-12-7(6)4-3-5(4)8(10)11/h1-2,4-5H,3H2,(H,10,11)/t4-,5-/m1/s1. The van der Waals surface area contributed by atoms with Crippen LogP contribution in [0.3, 0.4) is 0 Å². The first-order chi connectivity index (χ1) is 5.70. The van der Waals surface area contributed by atoms with E-state index in [0.717, 1.165) is 11.3 Å². The maximum Gasteiger partial charge on any atom is 0.307 e. The van der Waals surface area contributed by atoms with Crippen LogP contribution in [0.5, 0.6) is 0 Å². The molecule has 1 fully saturated rings. The Balaban J connectivity index is 2.15. The molecule has 1 aromatic rings. The van der Waals surface area contributed by atoms with E-state index in [-0.39, 0.29) is 11.8 Å². The molecule has 64 valence electrons. The van der Waals surface area contributed by atoms with Gasteiger partial charge in [0, 0.05) is 10.8 Å². The van der Waals surface area contributed by atoms with Crippen molar-refractivity contribution in [3.8, 4) is 0 Å². The summed E-state index contributed by atoms with van der Waals surface area (Å²) >= 11 is 7.41. The average Bonchev–Trinajstić information content (AvgIpc) is 2.70. The van der Waals surface area contributed by atoms with Gasteiger partial charge in [-0.3, -0.25) is 4.79 Å². The normalized spacial score (nSPS) is 27.1. The van der Waals surface area contributed by atoms with Crippen LogP contribution >= 0.6 is 22.9 Å². The molecule has 0 spiro atoms. The second-order valence-corrected chi connectivity index (χ2v) is 4.27. The van der Waals surface area contributed by atoms with Gasteiger partial charge in [-0.05, 0) is 17.9 Å². The molecule has 1 aromatic heterocycles. The molecular weight excluding hydrogens is 196 g/mol. The van der Waals surface area contributed by atoms with Gasteiger partial charge in [0.05, 0.1) is 10.9 Å². The quantitative estimate of drug-likeness (QED) is 0.801. The fourth-order valence-corrected chi connectivity index (χ4v) is 2.71. The molecule has 4 heteroatoms. The third-order valence-corrected chi connectivity index (χ3v) is 3.58. The molecule has 0 bridgehead atoms. The Bertz CT molecular complexity index is 321. The number of carboxylic acid groups (broad SMARTS) is 1. The van der Waals surface area contributed by atoms with E-state index >= 15 is 0 Å². The Morgan fingerprint density at radius 3 is 2.92 bits per heavy atom. The number of aliphatic carboxylic acids is 1. The summed E-state index contributed by atoms with van der Waals surface area (Å²) in [5.74, 6) is -0.722. The van der Waals surface area contributed by atoms with Crippen LogP contribution in [-0.2, 0) is 4.79 Å². The Morgan fingerprint density at radius 2 is 2.50 bits per heavy atom. The van der Waals surface area contributed by atoms with Crippen molar-refractivity contribution in [3.63, 3.8) is 0 Å². The van der Waals surface area contributed by atoms with Crippen molar-refractivity contribution in [2.24, 2.45) is 5.92 Å². The molecule has 1 heterocycles. The molecule has 2 rings (SSSR count). The Hall–Kier alpha value is -0.540. The first-order valence-corrected chi connectivity index (χ1v) is 4.91. The summed E-state index contributed by atoms with van der Waals surface area (Å²) in [6, 6.07) is 1.82. The molecule has 1 N–H and O–H groups in total. The SMILES string of the molecule is O=C(O)[C@@H]1C[C@H]1c1sccc1Cl. The molecule has 1 saturated carbocycles.